The van der Waals surface area contributed by atoms with Crippen LogP contribution in [0.5, 0.6) is 0 Å². The Bertz CT molecular complexity index is 747. The quantitative estimate of drug-likeness (QED) is 0.853. The number of ether oxygens (including phenoxy) is 1. The fourth-order valence-corrected chi connectivity index (χ4v) is 3.69. The summed E-state index contributed by atoms with van der Waals surface area (Å²) >= 11 is 1.56. The van der Waals surface area contributed by atoms with Crippen LogP contribution in [-0.4, -0.2) is 53.5 Å². The lowest BCUT2D eigenvalue weighted by atomic mass is 10.0. The lowest BCUT2D eigenvalue weighted by molar-refractivity contribution is -0.141. The van der Waals surface area contributed by atoms with Crippen LogP contribution in [-0.2, 0) is 9.53 Å². The molecule has 1 spiro atoms. The van der Waals surface area contributed by atoms with E-state index in [9.17, 15) is 9.59 Å². The van der Waals surface area contributed by atoms with E-state index < -0.39 is 5.60 Å². The molecule has 2 saturated heterocycles. The van der Waals surface area contributed by atoms with Gasteiger partial charge in [-0.05, 0) is 24.6 Å². The van der Waals surface area contributed by atoms with E-state index in [0.29, 0.717) is 25.2 Å². The molecule has 4 rings (SSSR count). The Morgan fingerprint density at radius 1 is 1.45 bits per heavy atom. The molecule has 0 radical (unpaired) electrons. The highest BCUT2D eigenvalue weighted by Gasteiger charge is 2.43. The Morgan fingerprint density at radius 2 is 2.36 bits per heavy atom. The summed E-state index contributed by atoms with van der Waals surface area (Å²) in [6.07, 6.45) is 0.748. The number of fused-ring (bicyclic) bond motifs is 1. The molecule has 0 aliphatic carbocycles. The molecule has 114 valence electrons. The van der Waals surface area contributed by atoms with Crippen molar-refractivity contribution >= 4 is 33.4 Å². The number of thiazole rings is 1. The molecule has 2 aliphatic rings. The molecule has 6 nitrogen and oxygen atoms in total. The zero-order valence-corrected chi connectivity index (χ0v) is 12.7. The van der Waals surface area contributed by atoms with E-state index in [-0.39, 0.29) is 18.4 Å². The fourth-order valence-electron chi connectivity index (χ4n) is 3.03. The number of likely N-dealkylation sites (tertiary alicyclic amines) is 1. The van der Waals surface area contributed by atoms with Crippen molar-refractivity contribution in [3.05, 3.63) is 29.3 Å². The van der Waals surface area contributed by atoms with Gasteiger partial charge in [0.2, 0.25) is 5.91 Å². The van der Waals surface area contributed by atoms with Crippen molar-refractivity contribution in [1.29, 1.82) is 0 Å². The molecule has 1 atom stereocenters. The first kappa shape index (κ1) is 13.7. The molecule has 0 bridgehead atoms. The number of rotatable bonds is 1. The van der Waals surface area contributed by atoms with Gasteiger partial charge in [-0.25, -0.2) is 4.98 Å². The molecular weight excluding hydrogens is 302 g/mol. The summed E-state index contributed by atoms with van der Waals surface area (Å²) in [5, 5.41) is 2.82. The highest BCUT2D eigenvalue weighted by molar-refractivity contribution is 7.16. The third-order valence-corrected chi connectivity index (χ3v) is 5.11. The predicted octanol–water partition coefficient (Wildman–Crippen LogP) is 1.03. The number of carbonyl (C=O) groups excluding carboxylic acids is 2. The standard InChI is InChI=1S/C15H15N3O3S/c19-13-6-21-15(7-16-13)3-4-18(8-15)14(20)10-1-2-12-11(5-10)17-9-22-12/h1-2,5,9H,3-4,6-8H2,(H,16,19). The molecule has 3 heterocycles. The highest BCUT2D eigenvalue weighted by atomic mass is 32.1. The number of hydrogen-bond donors (Lipinski definition) is 1. The van der Waals surface area contributed by atoms with Crippen LogP contribution in [0.4, 0.5) is 0 Å². The lowest BCUT2D eigenvalue weighted by Gasteiger charge is -2.33. The molecule has 2 aromatic rings. The summed E-state index contributed by atoms with van der Waals surface area (Å²) in [5.74, 6) is -0.100. The Kier molecular flexibility index (Phi) is 3.12. The van der Waals surface area contributed by atoms with Crippen molar-refractivity contribution in [2.75, 3.05) is 26.2 Å². The Labute approximate surface area is 131 Å². The molecule has 1 unspecified atom stereocenters. The molecule has 1 aromatic heterocycles. The van der Waals surface area contributed by atoms with Gasteiger partial charge in [-0.2, -0.15) is 0 Å². The average Bonchev–Trinajstić information content (AvgIpc) is 3.16. The van der Waals surface area contributed by atoms with Gasteiger partial charge >= 0.3 is 0 Å². The first-order valence-electron chi connectivity index (χ1n) is 7.18. The van der Waals surface area contributed by atoms with Gasteiger partial charge in [0.1, 0.15) is 12.2 Å². The molecule has 2 fully saturated rings. The van der Waals surface area contributed by atoms with E-state index in [0.717, 1.165) is 16.6 Å². The zero-order valence-electron chi connectivity index (χ0n) is 11.9. The van der Waals surface area contributed by atoms with Gasteiger partial charge in [-0.1, -0.05) is 0 Å². The van der Waals surface area contributed by atoms with Gasteiger partial charge in [0.05, 0.1) is 22.3 Å². The number of nitrogens with one attached hydrogen (secondary N) is 1. The molecule has 1 N–H and O–H groups in total. The third-order valence-electron chi connectivity index (χ3n) is 4.30. The number of nitrogens with zero attached hydrogens (tertiary/aromatic N) is 2. The van der Waals surface area contributed by atoms with Gasteiger partial charge in [0.25, 0.3) is 5.91 Å². The number of morpholine rings is 1. The lowest BCUT2D eigenvalue weighted by Crippen LogP contribution is -2.54. The van der Waals surface area contributed by atoms with E-state index in [1.807, 2.05) is 18.2 Å². The van der Waals surface area contributed by atoms with Gasteiger partial charge < -0.3 is 15.0 Å². The van der Waals surface area contributed by atoms with Crippen LogP contribution in [0.25, 0.3) is 10.2 Å². The fraction of sp³-hybridized carbons (Fsp3) is 0.400. The van der Waals surface area contributed by atoms with Crippen LogP contribution in [0.3, 0.4) is 0 Å². The van der Waals surface area contributed by atoms with Crippen LogP contribution in [0.2, 0.25) is 0 Å². The van der Waals surface area contributed by atoms with Gasteiger partial charge in [0.15, 0.2) is 0 Å². The summed E-state index contributed by atoms with van der Waals surface area (Å²) in [7, 11) is 0. The van der Waals surface area contributed by atoms with Crippen molar-refractivity contribution < 1.29 is 14.3 Å². The minimum atomic E-state index is -0.422. The van der Waals surface area contributed by atoms with Crippen LogP contribution >= 0.6 is 11.3 Å². The van der Waals surface area contributed by atoms with E-state index in [2.05, 4.69) is 10.3 Å². The van der Waals surface area contributed by atoms with Crippen molar-refractivity contribution in [1.82, 2.24) is 15.2 Å². The molecular formula is C15H15N3O3S. The van der Waals surface area contributed by atoms with E-state index in [1.54, 1.807) is 21.7 Å². The van der Waals surface area contributed by atoms with E-state index in [1.165, 1.54) is 0 Å². The molecule has 22 heavy (non-hydrogen) atoms. The number of aromatic nitrogens is 1. The van der Waals surface area contributed by atoms with Crippen LogP contribution in [0.15, 0.2) is 23.7 Å². The number of hydrogen-bond acceptors (Lipinski definition) is 5. The average molecular weight is 317 g/mol. The summed E-state index contributed by atoms with van der Waals surface area (Å²) in [6.45, 7) is 1.71. The topological polar surface area (TPSA) is 71.5 Å². The monoisotopic (exact) mass is 317 g/mol. The first-order chi connectivity index (χ1) is 10.7. The summed E-state index contributed by atoms with van der Waals surface area (Å²) in [4.78, 5) is 29.9. The number of carbonyl (C=O) groups is 2. The van der Waals surface area contributed by atoms with Crippen molar-refractivity contribution in [2.45, 2.75) is 12.0 Å². The number of benzene rings is 1. The number of amides is 2. The van der Waals surface area contributed by atoms with Crippen LogP contribution < -0.4 is 5.32 Å². The van der Waals surface area contributed by atoms with E-state index in [4.69, 9.17) is 4.74 Å². The maximum atomic E-state index is 12.7. The predicted molar refractivity (Wildman–Crippen MR) is 81.8 cm³/mol. The smallest absolute Gasteiger partial charge is 0.254 e. The largest absolute Gasteiger partial charge is 0.361 e. The van der Waals surface area contributed by atoms with E-state index >= 15 is 0 Å². The molecule has 7 heteroatoms. The maximum absolute atomic E-state index is 12.7. The van der Waals surface area contributed by atoms with Gasteiger partial charge in [0, 0.05) is 18.7 Å². The third kappa shape index (κ3) is 2.26. The SMILES string of the molecule is O=C1COC2(CCN(C(=O)c3ccc4scnc4c3)C2)CN1. The normalized spacial score (nSPS) is 24.9. The second-order valence-electron chi connectivity index (χ2n) is 5.76. The van der Waals surface area contributed by atoms with Crippen LogP contribution in [0.1, 0.15) is 16.8 Å². The van der Waals surface area contributed by atoms with Gasteiger partial charge in [-0.3, -0.25) is 9.59 Å². The van der Waals surface area contributed by atoms with Crippen molar-refractivity contribution in [3.8, 4) is 0 Å². The summed E-state index contributed by atoms with van der Waals surface area (Å²) in [6, 6.07) is 5.61. The van der Waals surface area contributed by atoms with Gasteiger partial charge in [-0.15, -0.1) is 11.3 Å². The first-order valence-corrected chi connectivity index (χ1v) is 8.06. The Morgan fingerprint density at radius 3 is 3.18 bits per heavy atom. The molecule has 1 aromatic carbocycles. The Balaban J connectivity index is 1.52. The Hall–Kier alpha value is -1.99. The maximum Gasteiger partial charge on any atom is 0.254 e. The van der Waals surface area contributed by atoms with Crippen LogP contribution in [0, 0.1) is 0 Å². The minimum absolute atomic E-state index is 0.00715. The highest BCUT2D eigenvalue weighted by Crippen LogP contribution is 2.28. The second-order valence-corrected chi connectivity index (χ2v) is 6.65. The van der Waals surface area contributed by atoms with Crippen molar-refractivity contribution in [3.63, 3.8) is 0 Å². The second kappa shape index (κ2) is 5.03. The summed E-state index contributed by atoms with van der Waals surface area (Å²) < 4.78 is 6.77. The molecule has 2 aliphatic heterocycles. The van der Waals surface area contributed by atoms with Crippen molar-refractivity contribution in [2.24, 2.45) is 0 Å². The zero-order chi connectivity index (χ0) is 15.2. The minimum Gasteiger partial charge on any atom is -0.361 e. The summed E-state index contributed by atoms with van der Waals surface area (Å²) in [5.41, 5.74) is 2.86. The molecule has 2 amide bonds. The molecule has 0 saturated carbocycles.